The monoisotopic (exact) mass is 386 g/mol. The molecule has 1 atom stereocenters. The van der Waals surface area contributed by atoms with Crippen molar-refractivity contribution in [3.8, 4) is 0 Å². The normalized spacial score (nSPS) is 16.7. The van der Waals surface area contributed by atoms with Crippen molar-refractivity contribution < 1.29 is 13.2 Å². The van der Waals surface area contributed by atoms with Crippen LogP contribution in [0.3, 0.4) is 0 Å². The van der Waals surface area contributed by atoms with E-state index in [4.69, 9.17) is 0 Å². The number of amides is 2. The van der Waals surface area contributed by atoms with Gasteiger partial charge in [-0.05, 0) is 36.5 Å². The quantitative estimate of drug-likeness (QED) is 0.856. The minimum atomic E-state index is -3.33. The van der Waals surface area contributed by atoms with E-state index in [-0.39, 0.29) is 11.9 Å². The fourth-order valence-electron chi connectivity index (χ4n) is 3.42. The number of hydrogen-bond acceptors (Lipinski definition) is 3. The summed E-state index contributed by atoms with van der Waals surface area (Å²) in [6.07, 6.45) is 0.942. The van der Waals surface area contributed by atoms with Gasteiger partial charge in [0.05, 0.1) is 10.1 Å². The molecule has 0 unspecified atom stereocenters. The van der Waals surface area contributed by atoms with Gasteiger partial charge in [0, 0.05) is 19.6 Å². The van der Waals surface area contributed by atoms with Crippen LogP contribution < -0.4 is 5.32 Å². The Morgan fingerprint density at radius 3 is 2.19 bits per heavy atom. The van der Waals surface area contributed by atoms with E-state index in [9.17, 15) is 13.2 Å². The Morgan fingerprint density at radius 2 is 1.59 bits per heavy atom. The standard InChI is InChI=1S/C21H26N2O3S/c1-17(18-8-4-2-5-9-18)16-22-21(24)23-14-12-20(13-15-23)27(25,26)19-10-6-3-7-11-19/h2-11,17,20H,12-16H2,1H3,(H,22,24)/t17-/m1/s1. The van der Waals surface area contributed by atoms with Crippen molar-refractivity contribution in [2.24, 2.45) is 0 Å². The Labute approximate surface area is 161 Å². The lowest BCUT2D eigenvalue weighted by molar-refractivity contribution is 0.186. The number of sulfone groups is 1. The van der Waals surface area contributed by atoms with Crippen molar-refractivity contribution in [3.63, 3.8) is 0 Å². The number of likely N-dealkylation sites (tertiary alicyclic amines) is 1. The first-order chi connectivity index (χ1) is 13.0. The topological polar surface area (TPSA) is 66.5 Å². The molecule has 2 amide bonds. The average Bonchev–Trinajstić information content (AvgIpc) is 2.73. The van der Waals surface area contributed by atoms with Gasteiger partial charge in [-0.1, -0.05) is 55.5 Å². The molecule has 1 saturated heterocycles. The van der Waals surface area contributed by atoms with Gasteiger partial charge in [0.15, 0.2) is 9.84 Å². The summed E-state index contributed by atoms with van der Waals surface area (Å²) >= 11 is 0. The lowest BCUT2D eigenvalue weighted by Crippen LogP contribution is -2.47. The van der Waals surface area contributed by atoms with Crippen molar-refractivity contribution in [1.29, 1.82) is 0 Å². The molecule has 6 heteroatoms. The van der Waals surface area contributed by atoms with E-state index >= 15 is 0 Å². The first-order valence-electron chi connectivity index (χ1n) is 9.35. The highest BCUT2D eigenvalue weighted by molar-refractivity contribution is 7.92. The third-order valence-corrected chi connectivity index (χ3v) is 7.45. The van der Waals surface area contributed by atoms with Crippen molar-refractivity contribution >= 4 is 15.9 Å². The van der Waals surface area contributed by atoms with Crippen molar-refractivity contribution in [3.05, 3.63) is 66.2 Å². The van der Waals surface area contributed by atoms with E-state index in [2.05, 4.69) is 24.4 Å². The molecular formula is C21H26N2O3S. The van der Waals surface area contributed by atoms with E-state index in [1.165, 1.54) is 5.56 Å². The summed E-state index contributed by atoms with van der Waals surface area (Å²) in [7, 11) is -3.33. The van der Waals surface area contributed by atoms with Gasteiger partial charge in [0.1, 0.15) is 0 Å². The molecule has 0 spiro atoms. The highest BCUT2D eigenvalue weighted by Crippen LogP contribution is 2.24. The maximum atomic E-state index is 12.7. The minimum Gasteiger partial charge on any atom is -0.337 e. The lowest BCUT2D eigenvalue weighted by atomic mass is 10.0. The van der Waals surface area contributed by atoms with Gasteiger partial charge in [-0.25, -0.2) is 13.2 Å². The fourth-order valence-corrected chi connectivity index (χ4v) is 5.18. The molecule has 1 heterocycles. The second kappa shape index (κ2) is 8.57. The molecule has 1 fully saturated rings. The van der Waals surface area contributed by atoms with Crippen LogP contribution in [0.15, 0.2) is 65.6 Å². The highest BCUT2D eigenvalue weighted by atomic mass is 32.2. The molecule has 1 aliphatic rings. The summed E-state index contributed by atoms with van der Waals surface area (Å²) < 4.78 is 25.4. The molecule has 1 N–H and O–H groups in total. The molecule has 2 aromatic carbocycles. The zero-order chi connectivity index (χ0) is 19.3. The number of urea groups is 1. The van der Waals surface area contributed by atoms with Gasteiger partial charge >= 0.3 is 6.03 Å². The summed E-state index contributed by atoms with van der Waals surface area (Å²) in [6.45, 7) is 3.56. The smallest absolute Gasteiger partial charge is 0.317 e. The maximum absolute atomic E-state index is 12.7. The van der Waals surface area contributed by atoms with Gasteiger partial charge in [-0.15, -0.1) is 0 Å². The van der Waals surface area contributed by atoms with Gasteiger partial charge in [-0.3, -0.25) is 0 Å². The van der Waals surface area contributed by atoms with Gasteiger partial charge < -0.3 is 10.2 Å². The number of carbonyl (C=O) groups excluding carboxylic acids is 1. The Hall–Kier alpha value is -2.34. The molecule has 0 aliphatic carbocycles. The number of piperidine rings is 1. The highest BCUT2D eigenvalue weighted by Gasteiger charge is 2.32. The Balaban J connectivity index is 1.51. The Bertz CT molecular complexity index is 846. The molecule has 27 heavy (non-hydrogen) atoms. The largest absolute Gasteiger partial charge is 0.337 e. The molecule has 0 saturated carbocycles. The zero-order valence-electron chi connectivity index (χ0n) is 15.5. The Kier molecular flexibility index (Phi) is 6.16. The molecule has 2 aromatic rings. The molecule has 0 aromatic heterocycles. The molecule has 3 rings (SSSR count). The minimum absolute atomic E-state index is 0.117. The molecular weight excluding hydrogens is 360 g/mol. The summed E-state index contributed by atoms with van der Waals surface area (Å²) in [6, 6.07) is 18.5. The third-order valence-electron chi connectivity index (χ3n) is 5.17. The van der Waals surface area contributed by atoms with E-state index in [1.54, 1.807) is 29.2 Å². The average molecular weight is 387 g/mol. The van der Waals surface area contributed by atoms with Crippen LogP contribution >= 0.6 is 0 Å². The number of carbonyl (C=O) groups is 1. The summed E-state index contributed by atoms with van der Waals surface area (Å²) in [5.74, 6) is 0.228. The van der Waals surface area contributed by atoms with Crippen LogP contribution in [0.4, 0.5) is 4.79 Å². The summed E-state index contributed by atoms with van der Waals surface area (Å²) in [5.41, 5.74) is 1.19. The van der Waals surface area contributed by atoms with Crippen molar-refractivity contribution in [2.45, 2.75) is 35.8 Å². The number of hydrogen-bond donors (Lipinski definition) is 1. The predicted octanol–water partition coefficient (Wildman–Crippen LogP) is 3.44. The molecule has 5 nitrogen and oxygen atoms in total. The molecule has 144 valence electrons. The fraction of sp³-hybridized carbons (Fsp3) is 0.381. The van der Waals surface area contributed by atoms with Crippen LogP contribution in [-0.4, -0.2) is 44.2 Å². The van der Waals surface area contributed by atoms with E-state index < -0.39 is 15.1 Å². The van der Waals surface area contributed by atoms with Crippen LogP contribution in [0.5, 0.6) is 0 Å². The first kappa shape index (κ1) is 19.4. The van der Waals surface area contributed by atoms with E-state index in [1.807, 2.05) is 24.3 Å². The van der Waals surface area contributed by atoms with Crippen molar-refractivity contribution in [2.75, 3.05) is 19.6 Å². The van der Waals surface area contributed by atoms with Crippen molar-refractivity contribution in [1.82, 2.24) is 10.2 Å². The SMILES string of the molecule is C[C@H](CNC(=O)N1CCC(S(=O)(=O)c2ccccc2)CC1)c1ccccc1. The van der Waals surface area contributed by atoms with Crippen LogP contribution in [-0.2, 0) is 9.84 Å². The summed E-state index contributed by atoms with van der Waals surface area (Å²) in [4.78, 5) is 14.5. The number of nitrogens with zero attached hydrogens (tertiary/aromatic N) is 1. The van der Waals surface area contributed by atoms with Crippen LogP contribution in [0.2, 0.25) is 0 Å². The van der Waals surface area contributed by atoms with Crippen LogP contribution in [0.25, 0.3) is 0 Å². The van der Waals surface area contributed by atoms with Gasteiger partial charge in [-0.2, -0.15) is 0 Å². The first-order valence-corrected chi connectivity index (χ1v) is 10.9. The second-order valence-electron chi connectivity index (χ2n) is 7.04. The van der Waals surface area contributed by atoms with E-state index in [0.717, 1.165) is 0 Å². The second-order valence-corrected chi connectivity index (χ2v) is 9.27. The summed E-state index contributed by atoms with van der Waals surface area (Å²) in [5, 5.41) is 2.55. The van der Waals surface area contributed by atoms with E-state index in [0.29, 0.717) is 37.4 Å². The predicted molar refractivity (Wildman–Crippen MR) is 106 cm³/mol. The number of benzene rings is 2. The number of rotatable bonds is 5. The van der Waals surface area contributed by atoms with Crippen LogP contribution in [0.1, 0.15) is 31.2 Å². The molecule has 0 radical (unpaired) electrons. The maximum Gasteiger partial charge on any atom is 0.317 e. The molecule has 0 bridgehead atoms. The number of nitrogens with one attached hydrogen (secondary N) is 1. The van der Waals surface area contributed by atoms with Gasteiger partial charge in [0.25, 0.3) is 0 Å². The third kappa shape index (κ3) is 4.69. The Morgan fingerprint density at radius 1 is 1.04 bits per heavy atom. The molecule has 1 aliphatic heterocycles. The van der Waals surface area contributed by atoms with Gasteiger partial charge in [0.2, 0.25) is 0 Å². The lowest BCUT2D eigenvalue weighted by Gasteiger charge is -2.32. The van der Waals surface area contributed by atoms with Crippen LogP contribution in [0, 0.1) is 0 Å². The zero-order valence-corrected chi connectivity index (χ0v) is 16.4.